The minimum atomic E-state index is -1.16. The maximum Gasteiger partial charge on any atom is 0.493 e. The summed E-state index contributed by atoms with van der Waals surface area (Å²) in [6.45, 7) is 6.74. The fourth-order valence-corrected chi connectivity index (χ4v) is 1.75. The molecule has 0 aliphatic heterocycles. The van der Waals surface area contributed by atoms with E-state index in [4.69, 9.17) is 4.65 Å². The molecular weight excluding hydrogens is 281 g/mol. The first kappa shape index (κ1) is 16.7. The van der Waals surface area contributed by atoms with Gasteiger partial charge in [-0.25, -0.2) is 0 Å². The number of hydrogen-bond donors (Lipinski definition) is 2. The van der Waals surface area contributed by atoms with Crippen LogP contribution < -0.4 is 5.46 Å². The lowest BCUT2D eigenvalue weighted by Crippen LogP contribution is -2.53. The minimum Gasteiger partial charge on any atom is -0.423 e. The van der Waals surface area contributed by atoms with Gasteiger partial charge < -0.3 is 14.8 Å². The van der Waals surface area contributed by atoms with Crippen molar-refractivity contribution >= 4 is 12.6 Å². The quantitative estimate of drug-likeness (QED) is 0.796. The van der Waals surface area contributed by atoms with E-state index >= 15 is 0 Å². The molecule has 2 N–H and O–H groups in total. The van der Waals surface area contributed by atoms with Crippen molar-refractivity contribution in [1.29, 1.82) is 0 Å². The number of rotatable bonds is 5. The van der Waals surface area contributed by atoms with Gasteiger partial charge in [-0.05, 0) is 39.8 Å². The van der Waals surface area contributed by atoms with Gasteiger partial charge in [-0.3, -0.25) is 9.67 Å². The molecule has 6 nitrogen and oxygen atoms in total. The third-order valence-electron chi connectivity index (χ3n) is 3.93. The zero-order chi connectivity index (χ0) is 16.5. The fourth-order valence-electron chi connectivity index (χ4n) is 1.75. The average molecular weight is 303 g/mol. The Kier molecular flexibility index (Phi) is 4.42. The Morgan fingerprint density at radius 1 is 1.14 bits per heavy atom. The van der Waals surface area contributed by atoms with Crippen LogP contribution in [0.3, 0.4) is 0 Å². The first-order valence-electron chi connectivity index (χ1n) is 7.14. The highest BCUT2D eigenvalue weighted by molar-refractivity contribution is 6.60. The van der Waals surface area contributed by atoms with Crippen LogP contribution in [0.4, 0.5) is 0 Å². The monoisotopic (exact) mass is 303 g/mol. The fraction of sp³-hybridized carbons (Fsp3) is 0.467. The molecule has 2 heterocycles. The number of aromatic nitrogens is 3. The first-order chi connectivity index (χ1) is 10.1. The molecule has 0 aliphatic rings. The van der Waals surface area contributed by atoms with E-state index in [1.807, 2.05) is 19.3 Å². The Hall–Kier alpha value is -1.70. The summed E-state index contributed by atoms with van der Waals surface area (Å²) in [6.07, 6.45) is 3.39. The second-order valence-corrected chi connectivity index (χ2v) is 6.39. The van der Waals surface area contributed by atoms with Crippen molar-refractivity contribution in [1.82, 2.24) is 14.8 Å². The number of hydrogen-bond acceptors (Lipinski definition) is 5. The second kappa shape index (κ2) is 5.83. The van der Waals surface area contributed by atoms with Crippen LogP contribution in [0.25, 0.3) is 11.4 Å². The standard InChI is InChI=1S/C15H22BN3O3/c1-14(2,20)15(3,4)22-16(21)11-6-7-12(17-10-11)13-8-9-19(5)18-13/h6-10,20-21H,1-5H3. The topological polar surface area (TPSA) is 80.4 Å². The third kappa shape index (κ3) is 3.55. The summed E-state index contributed by atoms with van der Waals surface area (Å²) < 4.78 is 7.29. The van der Waals surface area contributed by atoms with Crippen LogP contribution in [0.5, 0.6) is 0 Å². The van der Waals surface area contributed by atoms with Gasteiger partial charge in [-0.2, -0.15) is 5.10 Å². The zero-order valence-corrected chi connectivity index (χ0v) is 13.6. The Labute approximate surface area is 130 Å². The first-order valence-corrected chi connectivity index (χ1v) is 7.14. The van der Waals surface area contributed by atoms with E-state index in [1.54, 1.807) is 50.7 Å². The van der Waals surface area contributed by atoms with Crippen molar-refractivity contribution in [2.24, 2.45) is 7.05 Å². The van der Waals surface area contributed by atoms with Gasteiger partial charge in [0, 0.05) is 24.9 Å². The summed E-state index contributed by atoms with van der Waals surface area (Å²) >= 11 is 0. The molecule has 0 unspecified atom stereocenters. The van der Waals surface area contributed by atoms with E-state index in [9.17, 15) is 10.1 Å². The smallest absolute Gasteiger partial charge is 0.423 e. The third-order valence-corrected chi connectivity index (χ3v) is 3.93. The summed E-state index contributed by atoms with van der Waals surface area (Å²) in [5, 5.41) is 24.5. The minimum absolute atomic E-state index is 0.525. The molecule has 0 radical (unpaired) electrons. The highest BCUT2D eigenvalue weighted by atomic mass is 16.5. The molecule has 2 aromatic heterocycles. The van der Waals surface area contributed by atoms with Gasteiger partial charge in [0.15, 0.2) is 0 Å². The summed E-state index contributed by atoms with van der Waals surface area (Å²) in [4.78, 5) is 4.30. The Morgan fingerprint density at radius 3 is 2.27 bits per heavy atom. The van der Waals surface area contributed by atoms with E-state index in [1.165, 1.54) is 0 Å². The Balaban J connectivity index is 2.13. The molecule has 0 atom stereocenters. The van der Waals surface area contributed by atoms with Gasteiger partial charge in [0.2, 0.25) is 0 Å². The van der Waals surface area contributed by atoms with Gasteiger partial charge in [0.05, 0.1) is 16.9 Å². The van der Waals surface area contributed by atoms with E-state index in [0.29, 0.717) is 5.46 Å². The molecule has 0 aromatic carbocycles. The molecule has 118 valence electrons. The summed E-state index contributed by atoms with van der Waals surface area (Å²) in [5.41, 5.74) is 0.0121. The highest BCUT2D eigenvalue weighted by Gasteiger charge is 2.39. The lowest BCUT2D eigenvalue weighted by molar-refractivity contribution is -0.0982. The van der Waals surface area contributed by atoms with E-state index in [0.717, 1.165) is 11.4 Å². The molecule has 0 amide bonds. The summed E-state index contributed by atoms with van der Waals surface area (Å²) in [6, 6.07) is 5.38. The maximum absolute atomic E-state index is 10.2. The summed E-state index contributed by atoms with van der Waals surface area (Å²) in [5.74, 6) is 0. The molecular formula is C15H22BN3O3. The van der Waals surface area contributed by atoms with Crippen molar-refractivity contribution in [2.45, 2.75) is 38.9 Å². The number of nitrogens with zero attached hydrogens (tertiary/aromatic N) is 3. The van der Waals surface area contributed by atoms with Crippen molar-refractivity contribution in [3.8, 4) is 11.4 Å². The van der Waals surface area contributed by atoms with Crippen LogP contribution in [0.2, 0.25) is 0 Å². The molecule has 22 heavy (non-hydrogen) atoms. The van der Waals surface area contributed by atoms with Gasteiger partial charge in [0.25, 0.3) is 0 Å². The zero-order valence-electron chi connectivity index (χ0n) is 13.6. The predicted octanol–water partition coefficient (Wildman–Crippen LogP) is 0.736. The van der Waals surface area contributed by atoms with Crippen molar-refractivity contribution in [3.05, 3.63) is 30.6 Å². The van der Waals surface area contributed by atoms with E-state index in [2.05, 4.69) is 10.1 Å². The van der Waals surface area contributed by atoms with E-state index < -0.39 is 18.3 Å². The molecule has 0 aliphatic carbocycles. The average Bonchev–Trinajstić information content (AvgIpc) is 2.84. The van der Waals surface area contributed by atoms with Crippen molar-refractivity contribution in [2.75, 3.05) is 0 Å². The molecule has 0 bridgehead atoms. The molecule has 7 heteroatoms. The van der Waals surface area contributed by atoms with Crippen LogP contribution in [0, 0.1) is 0 Å². The van der Waals surface area contributed by atoms with Gasteiger partial charge in [-0.15, -0.1) is 0 Å². The van der Waals surface area contributed by atoms with Crippen LogP contribution in [-0.2, 0) is 11.7 Å². The highest BCUT2D eigenvalue weighted by Crippen LogP contribution is 2.25. The van der Waals surface area contributed by atoms with E-state index in [-0.39, 0.29) is 0 Å². The SMILES string of the molecule is Cn1ccc(-c2ccc(B(O)OC(C)(C)C(C)(C)O)cn2)n1. The number of pyridine rings is 1. The van der Waals surface area contributed by atoms with Gasteiger partial charge >= 0.3 is 7.12 Å². The van der Waals surface area contributed by atoms with Crippen LogP contribution in [0.15, 0.2) is 30.6 Å². The molecule has 0 spiro atoms. The predicted molar refractivity (Wildman–Crippen MR) is 85.5 cm³/mol. The van der Waals surface area contributed by atoms with Gasteiger partial charge in [-0.1, -0.05) is 6.07 Å². The lowest BCUT2D eigenvalue weighted by atomic mass is 9.77. The van der Waals surface area contributed by atoms with Crippen LogP contribution >= 0.6 is 0 Å². The maximum atomic E-state index is 10.2. The number of aliphatic hydroxyl groups is 1. The van der Waals surface area contributed by atoms with Crippen LogP contribution in [0.1, 0.15) is 27.7 Å². The molecule has 0 saturated heterocycles. The lowest BCUT2D eigenvalue weighted by Gasteiger charge is -2.38. The molecule has 0 saturated carbocycles. The van der Waals surface area contributed by atoms with Crippen LogP contribution in [-0.4, -0.2) is 43.2 Å². The molecule has 2 rings (SSSR count). The Morgan fingerprint density at radius 2 is 1.82 bits per heavy atom. The van der Waals surface area contributed by atoms with Gasteiger partial charge in [0.1, 0.15) is 5.69 Å². The largest absolute Gasteiger partial charge is 0.493 e. The van der Waals surface area contributed by atoms with Crippen molar-refractivity contribution < 1.29 is 14.8 Å². The summed E-state index contributed by atoms with van der Waals surface area (Å²) in [7, 11) is 0.681. The normalized spacial score (nSPS) is 12.5. The number of aryl methyl sites for hydroxylation is 1. The molecule has 0 fully saturated rings. The second-order valence-electron chi connectivity index (χ2n) is 6.39. The Bertz CT molecular complexity index is 632. The van der Waals surface area contributed by atoms with Crippen molar-refractivity contribution in [3.63, 3.8) is 0 Å². The molecule has 2 aromatic rings.